The van der Waals surface area contributed by atoms with Crippen LogP contribution in [0.15, 0.2) is 30.3 Å². The quantitative estimate of drug-likeness (QED) is 0.467. The molecule has 11 nitrogen and oxygen atoms in total. The molecule has 0 unspecified atom stereocenters. The predicted molar refractivity (Wildman–Crippen MR) is 129 cm³/mol. The van der Waals surface area contributed by atoms with Crippen LogP contribution in [0.4, 0.5) is 16.1 Å². The summed E-state index contributed by atoms with van der Waals surface area (Å²) in [5.74, 6) is 1.62. The highest BCUT2D eigenvalue weighted by Gasteiger charge is 2.26. The Morgan fingerprint density at radius 2 is 1.79 bits per heavy atom. The van der Waals surface area contributed by atoms with Crippen LogP contribution in [-0.2, 0) is 9.53 Å². The number of aryl methyl sites for hydroxylation is 1. The number of carbonyl (C=O) groups is 1. The first-order chi connectivity index (χ1) is 16.5. The number of amides is 1. The molecule has 2 N–H and O–H groups in total. The Kier molecular flexibility index (Phi) is 7.38. The van der Waals surface area contributed by atoms with Crippen molar-refractivity contribution in [2.75, 3.05) is 50.0 Å². The number of nitrogens with zero attached hydrogens (tertiary/aromatic N) is 5. The number of anilines is 3. The fourth-order valence-corrected chi connectivity index (χ4v) is 4.42. The zero-order valence-electron chi connectivity index (χ0n) is 19.4. The summed E-state index contributed by atoms with van der Waals surface area (Å²) in [7, 11) is 4.56. The van der Waals surface area contributed by atoms with E-state index in [4.69, 9.17) is 14.2 Å². The lowest BCUT2D eigenvalue weighted by molar-refractivity contribution is -0.126. The second-order valence-corrected chi connectivity index (χ2v) is 8.75. The Balaban J connectivity index is 1.37. The topological polar surface area (TPSA) is 124 Å². The van der Waals surface area contributed by atoms with Crippen molar-refractivity contribution >= 4 is 33.3 Å². The van der Waals surface area contributed by atoms with Gasteiger partial charge in [-0.25, -0.2) is 0 Å². The molecular formula is C22H27N7O4S. The van der Waals surface area contributed by atoms with Gasteiger partial charge in [0, 0.05) is 32.3 Å². The number of ether oxygens (including phenoxy) is 3. The maximum Gasteiger partial charge on any atom is 0.259 e. The van der Waals surface area contributed by atoms with E-state index in [-0.39, 0.29) is 11.9 Å². The van der Waals surface area contributed by atoms with E-state index in [0.29, 0.717) is 27.3 Å². The molecule has 0 saturated carbocycles. The number of nitrogens with one attached hydrogen (secondary N) is 2. The molecule has 3 aromatic rings. The zero-order chi connectivity index (χ0) is 24.1. The molecule has 2 aromatic heterocycles. The van der Waals surface area contributed by atoms with Crippen molar-refractivity contribution in [2.24, 2.45) is 0 Å². The Morgan fingerprint density at radius 3 is 2.44 bits per heavy atom. The van der Waals surface area contributed by atoms with Crippen LogP contribution < -0.4 is 25.0 Å². The Morgan fingerprint density at radius 1 is 1.06 bits per heavy atom. The minimum absolute atomic E-state index is 0.190. The first-order valence-electron chi connectivity index (χ1n) is 10.7. The van der Waals surface area contributed by atoms with Crippen molar-refractivity contribution in [3.63, 3.8) is 0 Å². The first kappa shape index (κ1) is 23.6. The van der Waals surface area contributed by atoms with Crippen LogP contribution in [0.2, 0.25) is 0 Å². The van der Waals surface area contributed by atoms with Crippen molar-refractivity contribution in [1.29, 1.82) is 0 Å². The van der Waals surface area contributed by atoms with Gasteiger partial charge >= 0.3 is 0 Å². The number of hydrogen-bond acceptors (Lipinski definition) is 11. The molecule has 12 heteroatoms. The predicted octanol–water partition coefficient (Wildman–Crippen LogP) is 2.67. The lowest BCUT2D eigenvalue weighted by atomic mass is 10.1. The summed E-state index contributed by atoms with van der Waals surface area (Å²) in [6.45, 7) is 3.57. The van der Waals surface area contributed by atoms with Crippen molar-refractivity contribution in [3.05, 3.63) is 41.6 Å². The molecule has 3 heterocycles. The van der Waals surface area contributed by atoms with Gasteiger partial charge in [-0.1, -0.05) is 11.3 Å². The van der Waals surface area contributed by atoms with Gasteiger partial charge in [-0.3, -0.25) is 10.1 Å². The largest absolute Gasteiger partial charge is 0.497 e. The molecule has 34 heavy (non-hydrogen) atoms. The monoisotopic (exact) mass is 485 g/mol. The average molecular weight is 486 g/mol. The number of methoxy groups -OCH3 is 3. The second-order valence-electron chi connectivity index (χ2n) is 7.77. The molecule has 1 saturated heterocycles. The fourth-order valence-electron chi connectivity index (χ4n) is 3.70. The maximum absolute atomic E-state index is 12.9. The van der Waals surface area contributed by atoms with E-state index < -0.39 is 6.10 Å². The van der Waals surface area contributed by atoms with Gasteiger partial charge in [-0.05, 0) is 43.2 Å². The van der Waals surface area contributed by atoms with Crippen molar-refractivity contribution < 1.29 is 19.0 Å². The number of rotatable bonds is 9. The maximum atomic E-state index is 12.9. The van der Waals surface area contributed by atoms with E-state index in [1.54, 1.807) is 32.4 Å². The van der Waals surface area contributed by atoms with Crippen LogP contribution in [0.25, 0.3) is 0 Å². The summed E-state index contributed by atoms with van der Waals surface area (Å²) >= 11 is 1.27. The minimum Gasteiger partial charge on any atom is -0.497 e. The van der Waals surface area contributed by atoms with E-state index in [1.165, 1.54) is 18.4 Å². The lowest BCUT2D eigenvalue weighted by Gasteiger charge is -2.17. The summed E-state index contributed by atoms with van der Waals surface area (Å²) in [4.78, 5) is 15.1. The Bertz CT molecular complexity index is 1100. The SMILES string of the molecule is COc1cc(OC)cc([C@@H](OC)C(=O)Nc2nnc(N[C@@H]3CCN(c4ccc(C)nn4)C3)s2)c1. The van der Waals surface area contributed by atoms with Crippen LogP contribution in [0, 0.1) is 6.92 Å². The highest BCUT2D eigenvalue weighted by molar-refractivity contribution is 7.19. The summed E-state index contributed by atoms with van der Waals surface area (Å²) in [5.41, 5.74) is 1.49. The van der Waals surface area contributed by atoms with Crippen LogP contribution in [0.1, 0.15) is 23.8 Å². The van der Waals surface area contributed by atoms with Gasteiger partial charge in [-0.15, -0.1) is 15.3 Å². The van der Waals surface area contributed by atoms with Gasteiger partial charge in [0.15, 0.2) is 11.9 Å². The third-order valence-corrected chi connectivity index (χ3v) is 6.20. The molecule has 0 radical (unpaired) electrons. The van der Waals surface area contributed by atoms with E-state index >= 15 is 0 Å². The van der Waals surface area contributed by atoms with Crippen LogP contribution in [-0.4, -0.2) is 66.8 Å². The summed E-state index contributed by atoms with van der Waals surface area (Å²) in [5, 5.41) is 23.8. The molecule has 0 bridgehead atoms. The molecule has 1 aliphatic heterocycles. The molecule has 0 aliphatic carbocycles. The van der Waals surface area contributed by atoms with Crippen LogP contribution >= 0.6 is 11.3 Å². The van der Waals surface area contributed by atoms with Crippen molar-refractivity contribution in [3.8, 4) is 11.5 Å². The molecule has 1 fully saturated rings. The van der Waals surface area contributed by atoms with E-state index in [2.05, 4.69) is 35.9 Å². The van der Waals surface area contributed by atoms with Crippen molar-refractivity contribution in [2.45, 2.75) is 25.5 Å². The number of hydrogen-bond donors (Lipinski definition) is 2. The third kappa shape index (κ3) is 5.51. The Labute approximate surface area is 201 Å². The third-order valence-electron chi connectivity index (χ3n) is 5.43. The van der Waals surface area contributed by atoms with Crippen LogP contribution in [0.3, 0.4) is 0 Å². The van der Waals surface area contributed by atoms with Gasteiger partial charge in [0.05, 0.1) is 19.9 Å². The molecule has 1 aromatic carbocycles. The van der Waals surface area contributed by atoms with Gasteiger partial charge in [-0.2, -0.15) is 5.10 Å². The van der Waals surface area contributed by atoms with Crippen LogP contribution in [0.5, 0.6) is 11.5 Å². The average Bonchev–Trinajstić information content (AvgIpc) is 3.49. The lowest BCUT2D eigenvalue weighted by Crippen LogP contribution is -2.26. The normalized spacial score (nSPS) is 16.2. The molecule has 2 atom stereocenters. The van der Waals surface area contributed by atoms with E-state index in [0.717, 1.165) is 31.0 Å². The summed E-state index contributed by atoms with van der Waals surface area (Å²) in [6, 6.07) is 9.31. The molecule has 1 aliphatic rings. The molecular weight excluding hydrogens is 458 g/mol. The first-order valence-corrected chi connectivity index (χ1v) is 11.5. The summed E-state index contributed by atoms with van der Waals surface area (Å²) < 4.78 is 16.0. The Hall–Kier alpha value is -3.51. The van der Waals surface area contributed by atoms with Gasteiger partial charge in [0.2, 0.25) is 10.3 Å². The number of benzene rings is 1. The molecule has 1 amide bonds. The fraction of sp³-hybridized carbons (Fsp3) is 0.409. The highest BCUT2D eigenvalue weighted by Crippen LogP contribution is 2.30. The number of carbonyl (C=O) groups excluding carboxylic acids is 1. The molecule has 4 rings (SSSR count). The second kappa shape index (κ2) is 10.6. The smallest absolute Gasteiger partial charge is 0.259 e. The summed E-state index contributed by atoms with van der Waals surface area (Å²) in [6.07, 6.45) is 0.0589. The standard InChI is InChI=1S/C22H27N7O4S/c1-13-5-6-18(26-25-13)29-8-7-15(12-29)23-21-27-28-22(34-21)24-20(30)19(33-4)14-9-16(31-2)11-17(10-14)32-3/h5-6,9-11,15,19H,7-8,12H2,1-4H3,(H,23,27)(H,24,28,30)/t15-,19-/m1/s1. The highest BCUT2D eigenvalue weighted by atomic mass is 32.1. The van der Waals surface area contributed by atoms with Gasteiger partial charge in [0.1, 0.15) is 11.5 Å². The molecule has 180 valence electrons. The van der Waals surface area contributed by atoms with Gasteiger partial charge in [0.25, 0.3) is 5.91 Å². The number of aromatic nitrogens is 4. The van der Waals surface area contributed by atoms with E-state index in [1.807, 2.05) is 19.1 Å². The van der Waals surface area contributed by atoms with Gasteiger partial charge < -0.3 is 24.4 Å². The van der Waals surface area contributed by atoms with Crippen molar-refractivity contribution in [1.82, 2.24) is 20.4 Å². The minimum atomic E-state index is -0.872. The van der Waals surface area contributed by atoms with E-state index in [9.17, 15) is 4.79 Å². The zero-order valence-corrected chi connectivity index (χ0v) is 20.3. The molecule has 0 spiro atoms.